The maximum atomic E-state index is 5.96. The Kier molecular flexibility index (Phi) is 4.78. The van der Waals surface area contributed by atoms with Crippen LogP contribution in [0.15, 0.2) is 35.0 Å². The fraction of sp³-hybridized carbons (Fsp3) is 0.529. The number of rotatable bonds is 5. The van der Waals surface area contributed by atoms with Gasteiger partial charge >= 0.3 is 0 Å². The van der Waals surface area contributed by atoms with Gasteiger partial charge in [-0.15, -0.1) is 0 Å². The van der Waals surface area contributed by atoms with Gasteiger partial charge in [0.2, 0.25) is 5.89 Å². The van der Waals surface area contributed by atoms with Crippen LogP contribution in [0.25, 0.3) is 0 Å². The Morgan fingerprint density at radius 1 is 1.24 bits per heavy atom. The van der Waals surface area contributed by atoms with Gasteiger partial charge in [0.25, 0.3) is 0 Å². The second-order valence-electron chi connectivity index (χ2n) is 6.37. The molecule has 0 fully saturated rings. The smallest absolute Gasteiger partial charge is 0.211 e. The first-order chi connectivity index (χ1) is 9.91. The molecule has 0 N–H and O–H groups in total. The third kappa shape index (κ3) is 3.91. The summed E-state index contributed by atoms with van der Waals surface area (Å²) in [4.78, 5) is 11.2. The Balaban J connectivity index is 2.13. The lowest BCUT2D eigenvalue weighted by atomic mass is 9.94. The van der Waals surface area contributed by atoms with E-state index in [0.717, 1.165) is 30.4 Å². The molecular formula is C17H25N3O. The minimum atomic E-state index is -0.0109. The van der Waals surface area contributed by atoms with E-state index in [4.69, 9.17) is 4.42 Å². The standard InChI is InChI=1S/C17H25N3O/c1-6-20(12-14-9-7-8-10-18-14)13(2)16-19-11-15(21-16)17(3,4)5/h7-11,13H,6,12H2,1-5H3. The van der Waals surface area contributed by atoms with E-state index < -0.39 is 0 Å². The molecule has 0 saturated carbocycles. The van der Waals surface area contributed by atoms with Gasteiger partial charge in [0.15, 0.2) is 0 Å². The first-order valence-corrected chi connectivity index (χ1v) is 7.52. The molecular weight excluding hydrogens is 262 g/mol. The summed E-state index contributed by atoms with van der Waals surface area (Å²) in [6, 6.07) is 6.13. The molecule has 4 heteroatoms. The van der Waals surface area contributed by atoms with Gasteiger partial charge in [-0.2, -0.15) is 0 Å². The van der Waals surface area contributed by atoms with Gasteiger partial charge in [-0.05, 0) is 25.6 Å². The molecule has 0 spiro atoms. The summed E-state index contributed by atoms with van der Waals surface area (Å²) in [6.45, 7) is 12.4. The number of oxazole rings is 1. The zero-order valence-electron chi connectivity index (χ0n) is 13.6. The highest BCUT2D eigenvalue weighted by molar-refractivity contribution is 5.08. The first kappa shape index (κ1) is 15.7. The molecule has 0 bridgehead atoms. The number of hydrogen-bond donors (Lipinski definition) is 0. The Labute approximate surface area is 127 Å². The number of nitrogens with zero attached hydrogens (tertiary/aromatic N) is 3. The van der Waals surface area contributed by atoms with Crippen molar-refractivity contribution < 1.29 is 4.42 Å². The lowest BCUT2D eigenvalue weighted by Crippen LogP contribution is -2.27. The predicted octanol–water partition coefficient (Wildman–Crippen LogP) is 3.95. The Hall–Kier alpha value is -1.68. The number of aromatic nitrogens is 2. The quantitative estimate of drug-likeness (QED) is 0.835. The SMILES string of the molecule is CCN(Cc1ccccn1)C(C)c1ncc(C(C)(C)C)o1. The molecule has 0 radical (unpaired) electrons. The van der Waals surface area contributed by atoms with Crippen LogP contribution < -0.4 is 0 Å². The summed E-state index contributed by atoms with van der Waals surface area (Å²) in [5.41, 5.74) is 1.05. The summed E-state index contributed by atoms with van der Waals surface area (Å²) in [5, 5.41) is 0. The molecule has 2 aromatic rings. The minimum absolute atomic E-state index is 0.0109. The van der Waals surface area contributed by atoms with Crippen LogP contribution in [0.1, 0.15) is 58.0 Å². The van der Waals surface area contributed by atoms with E-state index >= 15 is 0 Å². The third-order valence-electron chi connectivity index (χ3n) is 3.67. The highest BCUT2D eigenvalue weighted by atomic mass is 16.4. The van der Waals surface area contributed by atoms with Crippen molar-refractivity contribution in [3.8, 4) is 0 Å². The van der Waals surface area contributed by atoms with Crippen molar-refractivity contribution >= 4 is 0 Å². The molecule has 0 aliphatic rings. The minimum Gasteiger partial charge on any atom is -0.443 e. The zero-order valence-corrected chi connectivity index (χ0v) is 13.6. The van der Waals surface area contributed by atoms with Crippen molar-refractivity contribution in [1.82, 2.24) is 14.9 Å². The summed E-state index contributed by atoms with van der Waals surface area (Å²) < 4.78 is 5.96. The van der Waals surface area contributed by atoms with Crippen LogP contribution in [0.2, 0.25) is 0 Å². The molecule has 4 nitrogen and oxygen atoms in total. The second-order valence-corrected chi connectivity index (χ2v) is 6.37. The van der Waals surface area contributed by atoms with E-state index in [1.807, 2.05) is 30.6 Å². The summed E-state index contributed by atoms with van der Waals surface area (Å²) >= 11 is 0. The first-order valence-electron chi connectivity index (χ1n) is 7.52. The van der Waals surface area contributed by atoms with Crippen molar-refractivity contribution in [1.29, 1.82) is 0 Å². The largest absolute Gasteiger partial charge is 0.443 e. The average molecular weight is 287 g/mol. The maximum Gasteiger partial charge on any atom is 0.211 e. The zero-order chi connectivity index (χ0) is 15.5. The molecule has 0 aliphatic heterocycles. The van der Waals surface area contributed by atoms with Gasteiger partial charge in [0.1, 0.15) is 5.76 Å². The van der Waals surface area contributed by atoms with Crippen LogP contribution in [-0.4, -0.2) is 21.4 Å². The molecule has 21 heavy (non-hydrogen) atoms. The topological polar surface area (TPSA) is 42.2 Å². The second kappa shape index (κ2) is 6.39. The van der Waals surface area contributed by atoms with E-state index in [-0.39, 0.29) is 11.5 Å². The van der Waals surface area contributed by atoms with Crippen LogP contribution >= 0.6 is 0 Å². The van der Waals surface area contributed by atoms with Crippen molar-refractivity contribution in [3.05, 3.63) is 47.9 Å². The van der Waals surface area contributed by atoms with Gasteiger partial charge in [-0.1, -0.05) is 33.8 Å². The van der Waals surface area contributed by atoms with E-state index in [2.05, 4.69) is 49.5 Å². The van der Waals surface area contributed by atoms with Gasteiger partial charge in [0, 0.05) is 18.2 Å². The monoisotopic (exact) mass is 287 g/mol. The van der Waals surface area contributed by atoms with E-state index in [1.54, 1.807) is 0 Å². The average Bonchev–Trinajstić information content (AvgIpc) is 2.95. The molecule has 0 aliphatic carbocycles. The molecule has 0 amide bonds. The highest BCUT2D eigenvalue weighted by Crippen LogP contribution is 2.27. The van der Waals surface area contributed by atoms with Gasteiger partial charge in [-0.25, -0.2) is 4.98 Å². The molecule has 2 aromatic heterocycles. The van der Waals surface area contributed by atoms with Gasteiger partial charge < -0.3 is 4.42 Å². The molecule has 114 valence electrons. The lowest BCUT2D eigenvalue weighted by molar-refractivity contribution is 0.177. The van der Waals surface area contributed by atoms with Crippen LogP contribution in [0.3, 0.4) is 0 Å². The molecule has 2 heterocycles. The van der Waals surface area contributed by atoms with E-state index in [0.29, 0.717) is 0 Å². The van der Waals surface area contributed by atoms with Crippen LogP contribution in [-0.2, 0) is 12.0 Å². The Morgan fingerprint density at radius 3 is 2.52 bits per heavy atom. The maximum absolute atomic E-state index is 5.96. The van der Waals surface area contributed by atoms with Crippen LogP contribution in [0.5, 0.6) is 0 Å². The summed E-state index contributed by atoms with van der Waals surface area (Å²) in [7, 11) is 0. The summed E-state index contributed by atoms with van der Waals surface area (Å²) in [5.74, 6) is 1.70. The summed E-state index contributed by atoms with van der Waals surface area (Å²) in [6.07, 6.45) is 3.68. The van der Waals surface area contributed by atoms with Crippen LogP contribution in [0, 0.1) is 0 Å². The molecule has 1 unspecified atom stereocenters. The van der Waals surface area contributed by atoms with Crippen molar-refractivity contribution in [2.75, 3.05) is 6.54 Å². The van der Waals surface area contributed by atoms with Crippen molar-refractivity contribution in [3.63, 3.8) is 0 Å². The van der Waals surface area contributed by atoms with E-state index in [9.17, 15) is 0 Å². The molecule has 1 atom stereocenters. The fourth-order valence-corrected chi connectivity index (χ4v) is 2.21. The lowest BCUT2D eigenvalue weighted by Gasteiger charge is -2.25. The van der Waals surface area contributed by atoms with E-state index in [1.165, 1.54) is 0 Å². The number of pyridine rings is 1. The Morgan fingerprint density at radius 2 is 2.00 bits per heavy atom. The van der Waals surface area contributed by atoms with Crippen molar-refractivity contribution in [2.24, 2.45) is 0 Å². The highest BCUT2D eigenvalue weighted by Gasteiger charge is 2.24. The Bertz CT molecular complexity index is 557. The number of hydrogen-bond acceptors (Lipinski definition) is 4. The van der Waals surface area contributed by atoms with Crippen LogP contribution in [0.4, 0.5) is 0 Å². The molecule has 0 aromatic carbocycles. The normalized spacial score (nSPS) is 13.6. The van der Waals surface area contributed by atoms with Gasteiger partial charge in [0.05, 0.1) is 17.9 Å². The van der Waals surface area contributed by atoms with Crippen molar-refractivity contribution in [2.45, 2.75) is 52.6 Å². The molecule has 0 saturated heterocycles. The molecule has 2 rings (SSSR count). The fourth-order valence-electron chi connectivity index (χ4n) is 2.21. The predicted molar refractivity (Wildman–Crippen MR) is 83.9 cm³/mol. The third-order valence-corrected chi connectivity index (χ3v) is 3.67. The van der Waals surface area contributed by atoms with Gasteiger partial charge in [-0.3, -0.25) is 9.88 Å².